The summed E-state index contributed by atoms with van der Waals surface area (Å²) in [5, 5.41) is 9.99. The molecule has 0 saturated heterocycles. The molecular formula is C19H24ClN5O. The lowest BCUT2D eigenvalue weighted by molar-refractivity contribution is 0.0954. The summed E-state index contributed by atoms with van der Waals surface area (Å²) in [4.78, 5) is 20.4. The lowest BCUT2D eigenvalue weighted by Gasteiger charge is -2.12. The zero-order valence-electron chi connectivity index (χ0n) is 14.8. The van der Waals surface area contributed by atoms with Gasteiger partial charge in [0.2, 0.25) is 0 Å². The minimum atomic E-state index is -0.135. The van der Waals surface area contributed by atoms with Crippen LogP contribution in [0.5, 0.6) is 0 Å². The molecule has 0 aliphatic heterocycles. The quantitative estimate of drug-likeness (QED) is 0.377. The van der Waals surface area contributed by atoms with Crippen molar-refractivity contribution in [2.45, 2.75) is 13.3 Å². The van der Waals surface area contributed by atoms with Crippen molar-refractivity contribution in [1.29, 1.82) is 0 Å². The van der Waals surface area contributed by atoms with E-state index in [1.807, 2.05) is 31.2 Å². The molecule has 0 aliphatic rings. The van der Waals surface area contributed by atoms with Gasteiger partial charge in [0.05, 0.1) is 5.56 Å². The van der Waals surface area contributed by atoms with E-state index in [9.17, 15) is 4.79 Å². The van der Waals surface area contributed by atoms with Crippen molar-refractivity contribution in [3.63, 3.8) is 0 Å². The van der Waals surface area contributed by atoms with Gasteiger partial charge >= 0.3 is 0 Å². The fourth-order valence-corrected chi connectivity index (χ4v) is 2.37. The van der Waals surface area contributed by atoms with Gasteiger partial charge in [-0.2, -0.15) is 0 Å². The molecule has 6 nitrogen and oxygen atoms in total. The SMILES string of the molecule is CCNC(=NCCc1ccc(Cl)cc1)NCCNC(=O)c1cccnc1. The molecule has 2 aromatic rings. The molecule has 1 aromatic heterocycles. The van der Waals surface area contributed by atoms with Gasteiger partial charge in [-0.15, -0.1) is 0 Å². The third-order valence-electron chi connectivity index (χ3n) is 3.55. The highest BCUT2D eigenvalue weighted by Gasteiger charge is 2.04. The smallest absolute Gasteiger partial charge is 0.252 e. The number of aromatic nitrogens is 1. The highest BCUT2D eigenvalue weighted by molar-refractivity contribution is 6.30. The van der Waals surface area contributed by atoms with Crippen LogP contribution in [0.2, 0.25) is 5.02 Å². The Balaban J connectivity index is 1.73. The molecule has 1 amide bonds. The molecule has 26 heavy (non-hydrogen) atoms. The van der Waals surface area contributed by atoms with E-state index in [1.165, 1.54) is 5.56 Å². The van der Waals surface area contributed by atoms with E-state index in [2.05, 4.69) is 25.9 Å². The zero-order chi connectivity index (χ0) is 18.6. The summed E-state index contributed by atoms with van der Waals surface area (Å²) in [7, 11) is 0. The number of hydrogen-bond acceptors (Lipinski definition) is 3. The average Bonchev–Trinajstić information content (AvgIpc) is 2.67. The number of nitrogens with one attached hydrogen (secondary N) is 3. The summed E-state index contributed by atoms with van der Waals surface area (Å²) < 4.78 is 0. The fraction of sp³-hybridized carbons (Fsp3) is 0.316. The maximum atomic E-state index is 11.9. The van der Waals surface area contributed by atoms with Crippen LogP contribution in [-0.4, -0.2) is 43.0 Å². The van der Waals surface area contributed by atoms with E-state index < -0.39 is 0 Å². The molecule has 0 atom stereocenters. The van der Waals surface area contributed by atoms with Gasteiger partial charge in [0.15, 0.2) is 5.96 Å². The Morgan fingerprint density at radius 3 is 2.58 bits per heavy atom. The summed E-state index contributed by atoms with van der Waals surface area (Å²) in [5.74, 6) is 0.599. The maximum absolute atomic E-state index is 11.9. The van der Waals surface area contributed by atoms with Gasteiger partial charge in [0.1, 0.15) is 0 Å². The van der Waals surface area contributed by atoms with Crippen molar-refractivity contribution in [2.75, 3.05) is 26.2 Å². The third kappa shape index (κ3) is 7.11. The first-order valence-corrected chi connectivity index (χ1v) is 9.01. The molecule has 3 N–H and O–H groups in total. The van der Waals surface area contributed by atoms with Gasteiger partial charge in [0.25, 0.3) is 5.91 Å². The number of rotatable bonds is 8. The topological polar surface area (TPSA) is 78.4 Å². The average molecular weight is 374 g/mol. The number of aliphatic imine (C=N–C) groups is 1. The molecule has 0 bridgehead atoms. The number of carbonyl (C=O) groups excluding carboxylic acids is 1. The normalized spacial score (nSPS) is 11.1. The van der Waals surface area contributed by atoms with Crippen LogP contribution >= 0.6 is 11.6 Å². The number of guanidine groups is 1. The molecule has 7 heteroatoms. The highest BCUT2D eigenvalue weighted by atomic mass is 35.5. The Kier molecular flexibility index (Phi) is 8.42. The zero-order valence-corrected chi connectivity index (χ0v) is 15.6. The lowest BCUT2D eigenvalue weighted by Crippen LogP contribution is -2.41. The molecule has 0 saturated carbocycles. The van der Waals surface area contributed by atoms with Crippen LogP contribution in [0.15, 0.2) is 53.8 Å². The predicted octanol–water partition coefficient (Wildman–Crippen LogP) is 2.26. The van der Waals surface area contributed by atoms with Crippen LogP contribution < -0.4 is 16.0 Å². The van der Waals surface area contributed by atoms with Crippen LogP contribution in [0.3, 0.4) is 0 Å². The van der Waals surface area contributed by atoms with Crippen molar-refractivity contribution in [2.24, 2.45) is 4.99 Å². The maximum Gasteiger partial charge on any atom is 0.252 e. The first kappa shape index (κ1) is 19.7. The molecule has 138 valence electrons. The number of hydrogen-bond donors (Lipinski definition) is 3. The summed E-state index contributed by atoms with van der Waals surface area (Å²) in [5.41, 5.74) is 1.74. The molecule has 0 unspecified atom stereocenters. The largest absolute Gasteiger partial charge is 0.357 e. The molecule has 2 rings (SSSR count). The Hall–Kier alpha value is -2.60. The van der Waals surface area contributed by atoms with Crippen LogP contribution in [0.25, 0.3) is 0 Å². The second-order valence-electron chi connectivity index (χ2n) is 5.56. The number of pyridine rings is 1. The third-order valence-corrected chi connectivity index (χ3v) is 3.81. The molecule has 0 aliphatic carbocycles. The summed E-state index contributed by atoms with van der Waals surface area (Å²) in [6.45, 7) is 4.53. The summed E-state index contributed by atoms with van der Waals surface area (Å²) >= 11 is 5.89. The molecule has 0 radical (unpaired) electrons. The Labute approximate surface area is 159 Å². The molecule has 1 aromatic carbocycles. The molecule has 1 heterocycles. The second-order valence-corrected chi connectivity index (χ2v) is 6.00. The highest BCUT2D eigenvalue weighted by Crippen LogP contribution is 2.09. The number of halogens is 1. The van der Waals surface area contributed by atoms with Crippen LogP contribution in [0, 0.1) is 0 Å². The Morgan fingerprint density at radius 1 is 1.12 bits per heavy atom. The van der Waals surface area contributed by atoms with Gasteiger partial charge in [0, 0.05) is 43.6 Å². The first-order chi connectivity index (χ1) is 12.7. The number of carbonyl (C=O) groups is 1. The predicted molar refractivity (Wildman–Crippen MR) is 106 cm³/mol. The van der Waals surface area contributed by atoms with Crippen molar-refractivity contribution in [3.8, 4) is 0 Å². The summed E-state index contributed by atoms with van der Waals surface area (Å²) in [6.07, 6.45) is 4.03. The molecule has 0 fully saturated rings. The minimum Gasteiger partial charge on any atom is -0.357 e. The first-order valence-electron chi connectivity index (χ1n) is 8.64. The Morgan fingerprint density at radius 2 is 1.88 bits per heavy atom. The number of amides is 1. The van der Waals surface area contributed by atoms with Crippen molar-refractivity contribution < 1.29 is 4.79 Å². The minimum absolute atomic E-state index is 0.135. The van der Waals surface area contributed by atoms with Crippen molar-refractivity contribution >= 4 is 23.5 Å². The van der Waals surface area contributed by atoms with Gasteiger partial charge in [-0.25, -0.2) is 0 Å². The van der Waals surface area contributed by atoms with Crippen molar-refractivity contribution in [3.05, 3.63) is 64.9 Å². The van der Waals surface area contributed by atoms with Gasteiger partial charge in [-0.05, 0) is 43.2 Å². The van der Waals surface area contributed by atoms with Crippen LogP contribution in [0.1, 0.15) is 22.8 Å². The Bertz CT molecular complexity index is 704. The van der Waals surface area contributed by atoms with E-state index in [0.717, 1.165) is 23.9 Å². The van der Waals surface area contributed by atoms with E-state index in [1.54, 1.807) is 24.5 Å². The molecular weight excluding hydrogens is 350 g/mol. The van der Waals surface area contributed by atoms with Gasteiger partial charge < -0.3 is 16.0 Å². The molecule has 0 spiro atoms. The van der Waals surface area contributed by atoms with E-state index in [4.69, 9.17) is 11.6 Å². The van der Waals surface area contributed by atoms with Crippen LogP contribution in [0.4, 0.5) is 0 Å². The monoisotopic (exact) mass is 373 g/mol. The number of nitrogens with zero attached hydrogens (tertiary/aromatic N) is 2. The standard InChI is InChI=1S/C19H24ClN5O/c1-2-22-19(24-11-9-15-5-7-17(20)8-6-15)25-13-12-23-18(26)16-4-3-10-21-14-16/h3-8,10,14H,2,9,11-13H2,1H3,(H,23,26)(H2,22,24,25). The van der Waals surface area contributed by atoms with E-state index >= 15 is 0 Å². The second kappa shape index (κ2) is 11.1. The lowest BCUT2D eigenvalue weighted by atomic mass is 10.1. The van der Waals surface area contributed by atoms with E-state index in [-0.39, 0.29) is 5.91 Å². The van der Waals surface area contributed by atoms with E-state index in [0.29, 0.717) is 25.2 Å². The number of benzene rings is 1. The fourth-order valence-electron chi connectivity index (χ4n) is 2.25. The van der Waals surface area contributed by atoms with Gasteiger partial charge in [-0.1, -0.05) is 23.7 Å². The summed E-state index contributed by atoms with van der Waals surface area (Å²) in [6, 6.07) is 11.3. The van der Waals surface area contributed by atoms with Gasteiger partial charge in [-0.3, -0.25) is 14.8 Å². The van der Waals surface area contributed by atoms with Crippen LogP contribution in [-0.2, 0) is 6.42 Å². The van der Waals surface area contributed by atoms with Crippen molar-refractivity contribution in [1.82, 2.24) is 20.9 Å².